The molecule has 1 aliphatic rings. The molecule has 0 amide bonds. The van der Waals surface area contributed by atoms with E-state index >= 15 is 0 Å². The lowest BCUT2D eigenvalue weighted by molar-refractivity contribution is 0.276. The van der Waals surface area contributed by atoms with E-state index in [9.17, 15) is 0 Å². The average molecular weight is 343 g/mol. The number of hydrogen-bond donors (Lipinski definition) is 0. The highest BCUT2D eigenvalue weighted by atomic mass is 14.2. The van der Waals surface area contributed by atoms with Crippen LogP contribution in [0.2, 0.25) is 0 Å². The van der Waals surface area contributed by atoms with Crippen LogP contribution in [0.4, 0.5) is 0 Å². The molecule has 0 aliphatic heterocycles. The van der Waals surface area contributed by atoms with Crippen molar-refractivity contribution in [3.05, 3.63) is 0 Å². The van der Waals surface area contributed by atoms with Gasteiger partial charge >= 0.3 is 0 Å². The Bertz CT molecular complexity index is 202. The third kappa shape index (κ3) is 16.8. The van der Waals surface area contributed by atoms with Crippen LogP contribution in [0.1, 0.15) is 128 Å². The summed E-state index contributed by atoms with van der Waals surface area (Å²) >= 11 is 0. The highest BCUT2D eigenvalue weighted by Gasteiger charge is 2.16. The van der Waals surface area contributed by atoms with Crippen molar-refractivity contribution in [1.29, 1.82) is 0 Å². The van der Waals surface area contributed by atoms with Crippen molar-refractivity contribution in [2.75, 3.05) is 0 Å². The molecule has 0 aromatic carbocycles. The van der Waals surface area contributed by atoms with Crippen LogP contribution in [0.25, 0.3) is 0 Å². The number of rotatable bonds is 6. The third-order valence-corrected chi connectivity index (χ3v) is 5.62. The first-order valence-electron chi connectivity index (χ1n) is 11.4. The molecule has 0 aromatic heterocycles. The summed E-state index contributed by atoms with van der Waals surface area (Å²) in [4.78, 5) is 0. The zero-order valence-electron chi connectivity index (χ0n) is 19.5. The molecular formula is C24H54. The molecule has 0 aromatic rings. The molecule has 0 heterocycles. The molecule has 0 spiro atoms. The Morgan fingerprint density at radius 2 is 1.33 bits per heavy atom. The van der Waals surface area contributed by atoms with E-state index in [0.717, 1.165) is 29.6 Å². The molecule has 1 fully saturated rings. The topological polar surface area (TPSA) is 0 Å². The van der Waals surface area contributed by atoms with Gasteiger partial charge in [-0.15, -0.1) is 0 Å². The molecule has 3 atom stereocenters. The Labute approximate surface area is 157 Å². The monoisotopic (exact) mass is 342 g/mol. The van der Waals surface area contributed by atoms with Crippen molar-refractivity contribution < 1.29 is 0 Å². The molecular weight excluding hydrogens is 288 g/mol. The van der Waals surface area contributed by atoms with Gasteiger partial charge in [0.1, 0.15) is 0 Å². The highest BCUT2D eigenvalue weighted by Crippen LogP contribution is 2.30. The molecule has 0 radical (unpaired) electrons. The Morgan fingerprint density at radius 3 is 1.62 bits per heavy atom. The third-order valence-electron chi connectivity index (χ3n) is 5.62. The van der Waals surface area contributed by atoms with Crippen molar-refractivity contribution in [2.45, 2.75) is 128 Å². The maximum atomic E-state index is 2.39. The molecule has 0 nitrogen and oxygen atoms in total. The van der Waals surface area contributed by atoms with Crippen LogP contribution in [0.5, 0.6) is 0 Å². The van der Waals surface area contributed by atoms with Gasteiger partial charge in [0.25, 0.3) is 0 Å². The van der Waals surface area contributed by atoms with Crippen LogP contribution in [-0.2, 0) is 0 Å². The highest BCUT2D eigenvalue weighted by molar-refractivity contribution is 4.68. The second-order valence-corrected chi connectivity index (χ2v) is 7.69. The van der Waals surface area contributed by atoms with Gasteiger partial charge in [0, 0.05) is 0 Å². The summed E-state index contributed by atoms with van der Waals surface area (Å²) in [5.41, 5.74) is 0. The molecule has 150 valence electrons. The summed E-state index contributed by atoms with van der Waals surface area (Å²) in [6.07, 6.45) is 11.5. The minimum absolute atomic E-state index is 0.857. The van der Waals surface area contributed by atoms with E-state index in [1.165, 1.54) is 51.4 Å². The second-order valence-electron chi connectivity index (χ2n) is 7.69. The Hall–Kier alpha value is 0. The van der Waals surface area contributed by atoms with E-state index in [2.05, 4.69) is 48.5 Å². The molecule has 0 saturated heterocycles. The Kier molecular flexibility index (Phi) is 25.2. The van der Waals surface area contributed by atoms with Gasteiger partial charge in [-0.05, 0) is 42.4 Å². The lowest BCUT2D eigenvalue weighted by Gasteiger charge is -2.25. The van der Waals surface area contributed by atoms with Gasteiger partial charge < -0.3 is 0 Å². The summed E-state index contributed by atoms with van der Waals surface area (Å²) in [5.74, 6) is 4.81. The molecule has 1 aliphatic carbocycles. The van der Waals surface area contributed by atoms with E-state index in [-0.39, 0.29) is 0 Å². The summed E-state index contributed by atoms with van der Waals surface area (Å²) in [7, 11) is 0. The molecule has 1 saturated carbocycles. The lowest BCUT2D eigenvalue weighted by Crippen LogP contribution is -2.11. The quantitative estimate of drug-likeness (QED) is 0.451. The van der Waals surface area contributed by atoms with Crippen LogP contribution in [0.3, 0.4) is 0 Å². The van der Waals surface area contributed by atoms with Crippen molar-refractivity contribution >= 4 is 0 Å². The summed E-state index contributed by atoms with van der Waals surface area (Å²) in [6, 6.07) is 0. The van der Waals surface area contributed by atoms with E-state index in [0.29, 0.717) is 0 Å². The summed E-state index contributed by atoms with van der Waals surface area (Å²) in [5, 5.41) is 0. The van der Waals surface area contributed by atoms with E-state index in [1.807, 2.05) is 27.7 Å². The standard InChI is InChI=1S/C11H24.C9H18.2C2H6/c1-6-11(7-2)8-10(5)9(3)4;1-3-9-6-4-5-8(2)7-9;2*1-2/h9-11H,6-8H2,1-5H3;8-9H,3-7H2,1-2H3;2*1-2H3. The minimum Gasteiger partial charge on any atom is -0.0683 e. The molecule has 24 heavy (non-hydrogen) atoms. The molecule has 0 heteroatoms. The van der Waals surface area contributed by atoms with Gasteiger partial charge in [0.2, 0.25) is 0 Å². The van der Waals surface area contributed by atoms with Crippen LogP contribution in [-0.4, -0.2) is 0 Å². The van der Waals surface area contributed by atoms with Crippen LogP contribution >= 0.6 is 0 Å². The van der Waals surface area contributed by atoms with E-state index in [4.69, 9.17) is 0 Å². The van der Waals surface area contributed by atoms with Gasteiger partial charge in [0.05, 0.1) is 0 Å². The molecule has 3 unspecified atom stereocenters. The van der Waals surface area contributed by atoms with Crippen LogP contribution in [0, 0.1) is 29.6 Å². The van der Waals surface area contributed by atoms with Gasteiger partial charge in [0.15, 0.2) is 0 Å². The first-order chi connectivity index (χ1) is 11.4. The fourth-order valence-electron chi connectivity index (χ4n) is 3.35. The first kappa shape index (κ1) is 28.8. The molecule has 1 rings (SSSR count). The Morgan fingerprint density at radius 1 is 0.833 bits per heavy atom. The molecule has 0 bridgehead atoms. The average Bonchev–Trinajstić information content (AvgIpc) is 2.63. The predicted molar refractivity (Wildman–Crippen MR) is 117 cm³/mol. The summed E-state index contributed by atoms with van der Waals surface area (Å²) in [6.45, 7) is 24.4. The van der Waals surface area contributed by atoms with E-state index < -0.39 is 0 Å². The Balaban J connectivity index is -0.000000307. The zero-order valence-corrected chi connectivity index (χ0v) is 19.5. The fraction of sp³-hybridized carbons (Fsp3) is 1.00. The van der Waals surface area contributed by atoms with E-state index in [1.54, 1.807) is 0 Å². The smallest absolute Gasteiger partial charge is 0.0414 e. The first-order valence-corrected chi connectivity index (χ1v) is 11.4. The largest absolute Gasteiger partial charge is 0.0683 e. The predicted octanol–water partition coefficient (Wildman–Crippen LogP) is 9.38. The van der Waals surface area contributed by atoms with Crippen LogP contribution in [0.15, 0.2) is 0 Å². The second kappa shape index (κ2) is 21.0. The minimum atomic E-state index is 0.857. The maximum absolute atomic E-state index is 2.39. The number of hydrogen-bond acceptors (Lipinski definition) is 0. The van der Waals surface area contributed by atoms with Crippen LogP contribution < -0.4 is 0 Å². The normalized spacial score (nSPS) is 20.9. The van der Waals surface area contributed by atoms with Crippen molar-refractivity contribution in [3.63, 3.8) is 0 Å². The fourth-order valence-corrected chi connectivity index (χ4v) is 3.35. The lowest BCUT2D eigenvalue weighted by atomic mass is 9.81. The molecule has 0 N–H and O–H groups in total. The van der Waals surface area contributed by atoms with Gasteiger partial charge in [-0.25, -0.2) is 0 Å². The van der Waals surface area contributed by atoms with Crippen molar-refractivity contribution in [3.8, 4) is 0 Å². The zero-order chi connectivity index (χ0) is 19.5. The van der Waals surface area contributed by atoms with Gasteiger partial charge in [-0.2, -0.15) is 0 Å². The SMILES string of the molecule is CC.CC.CCC(CC)CC(C)C(C)C.CCC1CCCC(C)C1. The van der Waals surface area contributed by atoms with Crippen molar-refractivity contribution in [1.82, 2.24) is 0 Å². The van der Waals surface area contributed by atoms with Crippen molar-refractivity contribution in [2.24, 2.45) is 29.6 Å². The van der Waals surface area contributed by atoms with Gasteiger partial charge in [-0.1, -0.05) is 115 Å². The van der Waals surface area contributed by atoms with Gasteiger partial charge in [-0.3, -0.25) is 0 Å². The maximum Gasteiger partial charge on any atom is -0.0414 e. The summed E-state index contributed by atoms with van der Waals surface area (Å²) < 4.78 is 0.